The van der Waals surface area contributed by atoms with Crippen molar-refractivity contribution < 1.29 is 14.3 Å². The van der Waals surface area contributed by atoms with E-state index in [2.05, 4.69) is 9.72 Å². The summed E-state index contributed by atoms with van der Waals surface area (Å²) in [4.78, 5) is 41.3. The van der Waals surface area contributed by atoms with Crippen LogP contribution in [0.1, 0.15) is 5.56 Å². The molecule has 0 saturated heterocycles. The van der Waals surface area contributed by atoms with Crippen molar-refractivity contribution in [2.45, 2.75) is 12.5 Å². The van der Waals surface area contributed by atoms with Crippen LogP contribution < -0.4 is 21.7 Å². The van der Waals surface area contributed by atoms with E-state index in [4.69, 9.17) is 10.5 Å². The van der Waals surface area contributed by atoms with E-state index in [9.17, 15) is 14.4 Å². The highest BCUT2D eigenvalue weighted by molar-refractivity contribution is 5.77. The Balaban J connectivity index is 2.16. The highest BCUT2D eigenvalue weighted by Crippen LogP contribution is 2.23. The molecule has 0 aliphatic heterocycles. The summed E-state index contributed by atoms with van der Waals surface area (Å²) in [7, 11) is 4.27. The van der Waals surface area contributed by atoms with Crippen LogP contribution in [-0.2, 0) is 23.0 Å². The van der Waals surface area contributed by atoms with E-state index in [0.29, 0.717) is 27.9 Å². The molecule has 0 amide bonds. The number of fused-ring (bicyclic) bond motifs is 1. The van der Waals surface area contributed by atoms with Crippen LogP contribution in [0, 0.1) is 0 Å². The number of hydrogen-bond acceptors (Lipinski definition) is 7. The van der Waals surface area contributed by atoms with Crippen molar-refractivity contribution in [2.75, 3.05) is 14.2 Å². The van der Waals surface area contributed by atoms with Gasteiger partial charge in [0, 0.05) is 13.2 Å². The first-order valence-corrected chi connectivity index (χ1v) is 8.45. The van der Waals surface area contributed by atoms with Gasteiger partial charge in [-0.15, -0.1) is 0 Å². The van der Waals surface area contributed by atoms with Crippen LogP contribution in [0.25, 0.3) is 16.6 Å². The van der Waals surface area contributed by atoms with E-state index in [0.717, 1.165) is 4.57 Å². The molecule has 146 valence electrons. The Bertz CT molecular complexity index is 1170. The Morgan fingerprint density at radius 2 is 2.00 bits per heavy atom. The largest absolute Gasteiger partial charge is 0.495 e. The molecule has 0 radical (unpaired) electrons. The zero-order valence-electron chi connectivity index (χ0n) is 15.7. The second kappa shape index (κ2) is 7.65. The molecular formula is C19H20N4O5. The van der Waals surface area contributed by atoms with Crippen molar-refractivity contribution in [3.05, 3.63) is 63.1 Å². The van der Waals surface area contributed by atoms with Gasteiger partial charge in [0.15, 0.2) is 0 Å². The van der Waals surface area contributed by atoms with E-state index in [-0.39, 0.29) is 6.42 Å². The highest BCUT2D eigenvalue weighted by Gasteiger charge is 2.18. The number of carbonyl (C=O) groups excluding carboxylic acids is 1. The van der Waals surface area contributed by atoms with Crippen molar-refractivity contribution in [1.82, 2.24) is 14.1 Å². The Hall–Kier alpha value is -3.46. The number of aromatic nitrogens is 3. The van der Waals surface area contributed by atoms with Crippen LogP contribution in [0.15, 0.2) is 46.2 Å². The molecule has 2 aromatic heterocycles. The van der Waals surface area contributed by atoms with Gasteiger partial charge >= 0.3 is 11.7 Å². The topological polar surface area (TPSA) is 118 Å². The number of carbonyl (C=O) groups is 1. The molecule has 0 aliphatic carbocycles. The molecule has 0 spiro atoms. The number of hydrogen-bond donors (Lipinski definition) is 1. The Morgan fingerprint density at radius 1 is 1.25 bits per heavy atom. The smallest absolute Gasteiger partial charge is 0.336 e. The van der Waals surface area contributed by atoms with E-state index in [1.54, 1.807) is 31.3 Å². The molecule has 0 fully saturated rings. The predicted molar refractivity (Wildman–Crippen MR) is 103 cm³/mol. The number of nitrogens with zero attached hydrogens (tertiary/aromatic N) is 3. The average Bonchev–Trinajstić information content (AvgIpc) is 2.72. The van der Waals surface area contributed by atoms with Crippen molar-refractivity contribution >= 4 is 16.9 Å². The number of rotatable bonds is 5. The number of benzene rings is 1. The standard InChI is InChI=1S/C19H20N4O5/c1-22-15-10-21-7-6-12(15)17(24)23(19(22)26)14-5-4-11(9-16(14)27-2)8-13(20)18(25)28-3/h4-7,9-10,13H,8,20H2,1-3H3/t13-/m0/s1. The lowest BCUT2D eigenvalue weighted by atomic mass is 10.1. The number of ether oxygens (including phenoxy) is 2. The average molecular weight is 384 g/mol. The third-order valence-electron chi connectivity index (χ3n) is 4.52. The monoisotopic (exact) mass is 384 g/mol. The molecule has 1 aromatic carbocycles. The van der Waals surface area contributed by atoms with E-state index >= 15 is 0 Å². The summed E-state index contributed by atoms with van der Waals surface area (Å²) in [6.45, 7) is 0. The maximum atomic E-state index is 12.9. The number of esters is 1. The van der Waals surface area contributed by atoms with Crippen molar-refractivity contribution in [2.24, 2.45) is 12.8 Å². The number of nitrogens with two attached hydrogens (primary N) is 1. The third-order valence-corrected chi connectivity index (χ3v) is 4.52. The van der Waals surface area contributed by atoms with Gasteiger partial charge in [0.25, 0.3) is 5.56 Å². The summed E-state index contributed by atoms with van der Waals surface area (Å²) in [5.74, 6) is -0.224. The van der Waals surface area contributed by atoms with Crippen LogP contribution in [0.2, 0.25) is 0 Å². The quantitative estimate of drug-likeness (QED) is 0.621. The minimum Gasteiger partial charge on any atom is -0.495 e. The molecule has 2 heterocycles. The van der Waals surface area contributed by atoms with Gasteiger partial charge < -0.3 is 15.2 Å². The molecule has 0 unspecified atom stereocenters. The maximum Gasteiger partial charge on any atom is 0.336 e. The zero-order valence-corrected chi connectivity index (χ0v) is 15.7. The SMILES string of the molecule is COC(=O)[C@@H](N)Cc1ccc(-n2c(=O)c3ccncc3n(C)c2=O)c(OC)c1. The minimum atomic E-state index is -0.829. The minimum absolute atomic E-state index is 0.222. The van der Waals surface area contributed by atoms with Crippen LogP contribution in [0.4, 0.5) is 0 Å². The summed E-state index contributed by atoms with van der Waals surface area (Å²) in [5, 5.41) is 0.357. The van der Waals surface area contributed by atoms with Crippen molar-refractivity contribution in [3.8, 4) is 11.4 Å². The van der Waals surface area contributed by atoms with E-state index < -0.39 is 23.3 Å². The van der Waals surface area contributed by atoms with Crippen LogP contribution in [-0.4, -0.2) is 40.3 Å². The van der Waals surface area contributed by atoms with Gasteiger partial charge in [0.05, 0.1) is 37.0 Å². The number of aryl methyl sites for hydroxylation is 1. The van der Waals surface area contributed by atoms with Crippen LogP contribution >= 0.6 is 0 Å². The fourth-order valence-electron chi connectivity index (χ4n) is 3.03. The second-order valence-electron chi connectivity index (χ2n) is 6.21. The zero-order chi connectivity index (χ0) is 20.4. The number of pyridine rings is 1. The molecule has 2 N–H and O–H groups in total. The third kappa shape index (κ3) is 3.27. The van der Waals surface area contributed by atoms with Crippen LogP contribution in [0.5, 0.6) is 5.75 Å². The molecule has 28 heavy (non-hydrogen) atoms. The lowest BCUT2D eigenvalue weighted by Gasteiger charge is -2.15. The Kier molecular flexibility index (Phi) is 5.27. The first kappa shape index (κ1) is 19.3. The first-order valence-electron chi connectivity index (χ1n) is 8.45. The molecule has 3 aromatic rings. The van der Waals surface area contributed by atoms with Crippen molar-refractivity contribution in [3.63, 3.8) is 0 Å². The summed E-state index contributed by atoms with van der Waals surface area (Å²) < 4.78 is 12.4. The van der Waals surface area contributed by atoms with Gasteiger partial charge in [-0.1, -0.05) is 6.07 Å². The van der Waals surface area contributed by atoms with Crippen molar-refractivity contribution in [1.29, 1.82) is 0 Å². The van der Waals surface area contributed by atoms with E-state index in [1.807, 2.05) is 0 Å². The lowest BCUT2D eigenvalue weighted by molar-refractivity contribution is -0.142. The summed E-state index contributed by atoms with van der Waals surface area (Å²) in [5.41, 5.74) is 6.24. The highest BCUT2D eigenvalue weighted by atomic mass is 16.5. The Morgan fingerprint density at radius 3 is 2.68 bits per heavy atom. The molecule has 9 nitrogen and oxygen atoms in total. The molecule has 0 bridgehead atoms. The molecule has 1 atom stereocenters. The van der Waals surface area contributed by atoms with Gasteiger partial charge in [-0.2, -0.15) is 0 Å². The fourth-order valence-corrected chi connectivity index (χ4v) is 3.03. The lowest BCUT2D eigenvalue weighted by Crippen LogP contribution is -2.38. The van der Waals surface area contributed by atoms with E-state index in [1.165, 1.54) is 31.2 Å². The van der Waals surface area contributed by atoms with Gasteiger partial charge in [-0.25, -0.2) is 9.36 Å². The van der Waals surface area contributed by atoms with Gasteiger partial charge in [0.2, 0.25) is 0 Å². The van der Waals surface area contributed by atoms with Gasteiger partial charge in [0.1, 0.15) is 11.8 Å². The van der Waals surface area contributed by atoms with Gasteiger partial charge in [-0.05, 0) is 30.2 Å². The molecule has 0 saturated carbocycles. The fraction of sp³-hybridized carbons (Fsp3) is 0.263. The number of methoxy groups -OCH3 is 2. The van der Waals surface area contributed by atoms with Gasteiger partial charge in [-0.3, -0.25) is 19.1 Å². The molecular weight excluding hydrogens is 364 g/mol. The first-order chi connectivity index (χ1) is 13.4. The molecule has 0 aliphatic rings. The van der Waals surface area contributed by atoms with Crippen LogP contribution in [0.3, 0.4) is 0 Å². The summed E-state index contributed by atoms with van der Waals surface area (Å²) in [6.07, 6.45) is 3.18. The summed E-state index contributed by atoms with van der Waals surface area (Å²) in [6, 6.07) is 5.64. The predicted octanol–water partition coefficient (Wildman–Crippen LogP) is 0.136. The maximum absolute atomic E-state index is 12.9. The Labute approximate surface area is 159 Å². The molecule has 3 rings (SSSR count). The molecule has 9 heteroatoms. The summed E-state index contributed by atoms with van der Waals surface area (Å²) >= 11 is 0. The normalized spacial score (nSPS) is 12.0. The second-order valence-corrected chi connectivity index (χ2v) is 6.21.